The zero-order valence-electron chi connectivity index (χ0n) is 20.3. The number of benzene rings is 3. The van der Waals surface area contributed by atoms with Crippen molar-refractivity contribution in [1.82, 2.24) is 5.16 Å². The average molecular weight is 538 g/mol. The Labute approximate surface area is 224 Å². The molecule has 1 heterocycles. The zero-order valence-corrected chi connectivity index (χ0v) is 21.8. The third-order valence-corrected chi connectivity index (χ3v) is 7.40. The Morgan fingerprint density at radius 1 is 1.08 bits per heavy atom. The quantitative estimate of drug-likeness (QED) is 0.258. The predicted molar refractivity (Wildman–Crippen MR) is 142 cm³/mol. The minimum Gasteiger partial charge on any atom is -0.489 e. The lowest BCUT2D eigenvalue weighted by Crippen LogP contribution is -2.32. The lowest BCUT2D eigenvalue weighted by atomic mass is 9.94. The fraction of sp³-hybridized carbons (Fsp3) is 0.241. The van der Waals surface area contributed by atoms with Gasteiger partial charge in [-0.15, -0.1) is 0 Å². The summed E-state index contributed by atoms with van der Waals surface area (Å²) in [7, 11) is 0. The molecule has 8 heteroatoms. The number of fused-ring (bicyclic) bond motifs is 1. The van der Waals surface area contributed by atoms with Gasteiger partial charge in [-0.1, -0.05) is 78.6 Å². The lowest BCUT2D eigenvalue weighted by Gasteiger charge is -2.18. The first kappa shape index (κ1) is 25.3. The lowest BCUT2D eigenvalue weighted by molar-refractivity contribution is -0.159. The number of aliphatic hydroxyl groups is 1. The molecule has 37 heavy (non-hydrogen) atoms. The molecule has 0 aliphatic heterocycles. The Morgan fingerprint density at radius 2 is 1.76 bits per heavy atom. The van der Waals surface area contributed by atoms with Gasteiger partial charge in [0.2, 0.25) is 0 Å². The molecule has 0 spiro atoms. The van der Waals surface area contributed by atoms with Crippen LogP contribution in [0.15, 0.2) is 65.2 Å². The number of hydrogen-bond acceptors (Lipinski definition) is 5. The molecule has 0 radical (unpaired) electrons. The first-order chi connectivity index (χ1) is 17.7. The van der Waals surface area contributed by atoms with Gasteiger partial charge in [0.25, 0.3) is 0 Å². The highest BCUT2D eigenvalue weighted by atomic mass is 35.5. The van der Waals surface area contributed by atoms with Crippen molar-refractivity contribution >= 4 is 29.2 Å². The van der Waals surface area contributed by atoms with E-state index in [4.69, 9.17) is 32.5 Å². The number of hydrogen-bond donors (Lipinski definition) is 2. The standard InChI is InChI=1S/C29H25Cl2NO5/c1-16(2)27-21(26(32-37-27)25-23(30)4-3-5-24(25)31)15-36-20-9-6-17(7-10-20)18-8-11-22-19(14-18)12-13-29(22,35)28(33)34/h3-11,14,16,35H,12-13,15H2,1-2H3,(H,33,34). The van der Waals surface area contributed by atoms with Gasteiger partial charge in [-0.05, 0) is 59.4 Å². The van der Waals surface area contributed by atoms with Crippen LogP contribution in [0.1, 0.15) is 48.6 Å². The highest BCUT2D eigenvalue weighted by Crippen LogP contribution is 2.40. The third-order valence-electron chi connectivity index (χ3n) is 6.77. The summed E-state index contributed by atoms with van der Waals surface area (Å²) in [6.07, 6.45) is 0.693. The first-order valence-electron chi connectivity index (χ1n) is 11.9. The molecule has 6 nitrogen and oxygen atoms in total. The highest BCUT2D eigenvalue weighted by Gasteiger charge is 2.43. The highest BCUT2D eigenvalue weighted by molar-refractivity contribution is 6.39. The Hall–Kier alpha value is -3.32. The van der Waals surface area contributed by atoms with Crippen LogP contribution in [0.25, 0.3) is 22.4 Å². The minimum atomic E-state index is -1.81. The van der Waals surface area contributed by atoms with E-state index in [9.17, 15) is 15.0 Å². The van der Waals surface area contributed by atoms with E-state index in [-0.39, 0.29) is 18.9 Å². The van der Waals surface area contributed by atoms with Crippen LogP contribution in [-0.4, -0.2) is 21.3 Å². The molecule has 0 saturated heterocycles. The summed E-state index contributed by atoms with van der Waals surface area (Å²) in [5.41, 5.74) is 3.37. The van der Waals surface area contributed by atoms with E-state index in [1.165, 1.54) is 0 Å². The molecule has 0 amide bonds. The number of carbonyl (C=O) groups is 1. The van der Waals surface area contributed by atoms with Crippen molar-refractivity contribution in [2.45, 2.75) is 44.8 Å². The van der Waals surface area contributed by atoms with Gasteiger partial charge in [-0.3, -0.25) is 0 Å². The molecular weight excluding hydrogens is 513 g/mol. The third kappa shape index (κ3) is 4.61. The van der Waals surface area contributed by atoms with E-state index in [2.05, 4.69) is 5.16 Å². The maximum Gasteiger partial charge on any atom is 0.340 e. The molecule has 2 N–H and O–H groups in total. The van der Waals surface area contributed by atoms with E-state index < -0.39 is 11.6 Å². The summed E-state index contributed by atoms with van der Waals surface area (Å²) >= 11 is 12.9. The summed E-state index contributed by atoms with van der Waals surface area (Å²) in [5.74, 6) is 0.246. The van der Waals surface area contributed by atoms with Crippen molar-refractivity contribution in [3.8, 4) is 28.1 Å². The van der Waals surface area contributed by atoms with E-state index in [1.54, 1.807) is 24.3 Å². The summed E-state index contributed by atoms with van der Waals surface area (Å²) in [5, 5.41) is 25.1. The second kappa shape index (κ2) is 9.86. The number of aliphatic carboxylic acids is 1. The molecule has 1 aliphatic carbocycles. The summed E-state index contributed by atoms with van der Waals surface area (Å²) in [4.78, 5) is 11.5. The van der Waals surface area contributed by atoms with Gasteiger partial charge < -0.3 is 19.5 Å². The maximum absolute atomic E-state index is 11.5. The number of nitrogens with zero attached hydrogens (tertiary/aromatic N) is 1. The fourth-order valence-electron chi connectivity index (χ4n) is 4.79. The molecule has 1 aromatic heterocycles. The number of ether oxygens (including phenoxy) is 1. The first-order valence-corrected chi connectivity index (χ1v) is 12.7. The molecule has 0 saturated carbocycles. The Morgan fingerprint density at radius 3 is 2.41 bits per heavy atom. The van der Waals surface area contributed by atoms with E-state index in [1.807, 2.05) is 50.2 Å². The van der Waals surface area contributed by atoms with Gasteiger partial charge in [-0.25, -0.2) is 4.79 Å². The van der Waals surface area contributed by atoms with Gasteiger partial charge in [0.05, 0.1) is 15.6 Å². The minimum absolute atomic E-state index is 0.0853. The summed E-state index contributed by atoms with van der Waals surface area (Å²) in [6, 6.07) is 18.4. The van der Waals surface area contributed by atoms with Gasteiger partial charge in [0.1, 0.15) is 23.8 Å². The second-order valence-corrected chi connectivity index (χ2v) is 10.3. The molecule has 0 fully saturated rings. The maximum atomic E-state index is 11.5. The Balaban J connectivity index is 1.37. The van der Waals surface area contributed by atoms with Crippen LogP contribution in [-0.2, 0) is 23.4 Å². The Bertz CT molecular complexity index is 1460. The number of carboxylic acid groups (broad SMARTS) is 1. The van der Waals surface area contributed by atoms with Crippen molar-refractivity contribution in [2.24, 2.45) is 0 Å². The molecule has 3 aromatic carbocycles. The van der Waals surface area contributed by atoms with Gasteiger partial charge in [0.15, 0.2) is 5.60 Å². The molecule has 190 valence electrons. The fourth-order valence-corrected chi connectivity index (χ4v) is 5.37. The zero-order chi connectivity index (χ0) is 26.3. The van der Waals surface area contributed by atoms with E-state index >= 15 is 0 Å². The number of rotatable bonds is 7. The number of aromatic nitrogens is 1. The van der Waals surface area contributed by atoms with Crippen molar-refractivity contribution in [3.05, 3.63) is 93.2 Å². The van der Waals surface area contributed by atoms with Crippen LogP contribution in [0, 0.1) is 0 Å². The topological polar surface area (TPSA) is 92.8 Å². The second-order valence-electron chi connectivity index (χ2n) is 9.48. The summed E-state index contributed by atoms with van der Waals surface area (Å²) in [6.45, 7) is 4.26. The van der Waals surface area contributed by atoms with Gasteiger partial charge >= 0.3 is 5.97 Å². The van der Waals surface area contributed by atoms with E-state index in [0.717, 1.165) is 22.3 Å². The van der Waals surface area contributed by atoms with Crippen molar-refractivity contribution < 1.29 is 24.3 Å². The van der Waals surface area contributed by atoms with Crippen LogP contribution in [0.3, 0.4) is 0 Å². The normalized spacial score (nSPS) is 16.7. The smallest absolute Gasteiger partial charge is 0.340 e. The molecule has 1 aliphatic rings. The van der Waals surface area contributed by atoms with Crippen LogP contribution >= 0.6 is 23.2 Å². The molecule has 4 aromatic rings. The molecule has 5 rings (SSSR count). The van der Waals surface area contributed by atoms with Crippen LogP contribution in [0.5, 0.6) is 5.75 Å². The van der Waals surface area contributed by atoms with Crippen LogP contribution in [0.4, 0.5) is 0 Å². The van der Waals surface area contributed by atoms with Gasteiger partial charge in [-0.2, -0.15) is 0 Å². The number of halogens is 2. The predicted octanol–water partition coefficient (Wildman–Crippen LogP) is 7.24. The van der Waals surface area contributed by atoms with Crippen LogP contribution in [0.2, 0.25) is 10.0 Å². The molecule has 1 atom stereocenters. The number of carboxylic acids is 1. The summed E-state index contributed by atoms with van der Waals surface area (Å²) < 4.78 is 11.8. The van der Waals surface area contributed by atoms with Crippen molar-refractivity contribution in [2.75, 3.05) is 0 Å². The number of aryl methyl sites for hydroxylation is 1. The van der Waals surface area contributed by atoms with Crippen LogP contribution < -0.4 is 4.74 Å². The molecular formula is C29H25Cl2NO5. The largest absolute Gasteiger partial charge is 0.489 e. The van der Waals surface area contributed by atoms with Crippen molar-refractivity contribution in [1.29, 1.82) is 0 Å². The monoisotopic (exact) mass is 537 g/mol. The van der Waals surface area contributed by atoms with Crippen molar-refractivity contribution in [3.63, 3.8) is 0 Å². The molecule has 1 unspecified atom stereocenters. The molecule has 0 bridgehead atoms. The van der Waals surface area contributed by atoms with E-state index in [0.29, 0.717) is 44.8 Å². The SMILES string of the molecule is CC(C)c1onc(-c2c(Cl)cccc2Cl)c1COc1ccc(-c2ccc3c(c2)CCC3(O)C(=O)O)cc1. The average Bonchev–Trinajstić information content (AvgIpc) is 3.45. The van der Waals surface area contributed by atoms with Gasteiger partial charge in [0, 0.05) is 11.5 Å². The Kier molecular flexibility index (Phi) is 6.75.